The molecule has 0 heterocycles. The van der Waals surface area contributed by atoms with Crippen molar-refractivity contribution in [3.8, 4) is 0 Å². The number of rotatable bonds is 4. The van der Waals surface area contributed by atoms with Gasteiger partial charge in [-0.3, -0.25) is 0 Å². The van der Waals surface area contributed by atoms with Crippen LogP contribution in [0.1, 0.15) is 27.7 Å². The second kappa shape index (κ2) is 4.64. The van der Waals surface area contributed by atoms with Gasteiger partial charge in [-0.05, 0) is 0 Å². The first kappa shape index (κ1) is 11.7. The molecule has 0 aromatic heterocycles. The fourth-order valence-corrected chi connectivity index (χ4v) is 3.79. The van der Waals surface area contributed by atoms with Crippen LogP contribution in [0.5, 0.6) is 0 Å². The number of hydrogen-bond acceptors (Lipinski definition) is 3. The van der Waals surface area contributed by atoms with Crippen LogP contribution in [0.3, 0.4) is 0 Å². The molecule has 3 nitrogen and oxygen atoms in total. The van der Waals surface area contributed by atoms with Crippen molar-refractivity contribution < 1.29 is 13.6 Å². The van der Waals surface area contributed by atoms with Crippen LogP contribution in [0.2, 0.25) is 0 Å². The van der Waals surface area contributed by atoms with Gasteiger partial charge in [0, 0.05) is 0 Å². The van der Waals surface area contributed by atoms with Crippen molar-refractivity contribution in [2.45, 2.75) is 39.9 Å². The van der Waals surface area contributed by atoms with Gasteiger partial charge in [0.2, 0.25) is 0 Å². The van der Waals surface area contributed by atoms with E-state index in [4.69, 9.17) is 9.05 Å². The van der Waals surface area contributed by atoms with Crippen LogP contribution in [0.15, 0.2) is 0 Å². The van der Waals surface area contributed by atoms with E-state index in [1.807, 2.05) is 27.7 Å². The fraction of sp³-hybridized carbons (Fsp3) is 1.00. The van der Waals surface area contributed by atoms with Crippen molar-refractivity contribution in [3.63, 3.8) is 0 Å². The van der Waals surface area contributed by atoms with E-state index in [9.17, 15) is 4.57 Å². The standard InChI is InChI=1S/C6H15O3PSe/c1-5(2)8-10(7,11)9-6(3)4/h5-6H,1-4H3,(H,7,11)/p-1. The monoisotopic (exact) mass is 245 g/mol. The SMILES string of the molecule is CC(C)OP(=O)([Se-])OC(C)C. The molecule has 0 aromatic carbocycles. The third-order valence-electron chi connectivity index (χ3n) is 0.680. The maximum atomic E-state index is 11.3. The van der Waals surface area contributed by atoms with Gasteiger partial charge < -0.3 is 0 Å². The van der Waals surface area contributed by atoms with E-state index in [-0.39, 0.29) is 12.2 Å². The summed E-state index contributed by atoms with van der Waals surface area (Å²) in [5, 5.41) is 0. The summed E-state index contributed by atoms with van der Waals surface area (Å²) in [7, 11) is 0. The van der Waals surface area contributed by atoms with E-state index in [2.05, 4.69) is 15.6 Å². The van der Waals surface area contributed by atoms with Gasteiger partial charge in [0.15, 0.2) is 0 Å². The van der Waals surface area contributed by atoms with Crippen molar-refractivity contribution in [1.29, 1.82) is 0 Å². The molecule has 0 spiro atoms. The van der Waals surface area contributed by atoms with Gasteiger partial charge in [0.25, 0.3) is 0 Å². The molecule has 0 rings (SSSR count). The first-order valence-corrected chi connectivity index (χ1v) is 7.27. The van der Waals surface area contributed by atoms with Gasteiger partial charge in [-0.1, -0.05) is 0 Å². The molecule has 0 aromatic rings. The third kappa shape index (κ3) is 7.04. The van der Waals surface area contributed by atoms with Crippen LogP contribution in [0.25, 0.3) is 0 Å². The Bertz CT molecular complexity index is 144. The van der Waals surface area contributed by atoms with E-state index in [1.165, 1.54) is 0 Å². The molecule has 5 heteroatoms. The molecule has 0 fully saturated rings. The summed E-state index contributed by atoms with van der Waals surface area (Å²) in [6.07, 6.45) is -3.09. The Morgan fingerprint density at radius 1 is 1.09 bits per heavy atom. The van der Waals surface area contributed by atoms with Crippen LogP contribution < -0.4 is 0 Å². The summed E-state index contributed by atoms with van der Waals surface area (Å²) in [5.41, 5.74) is 0. The third-order valence-corrected chi connectivity index (χ3v) is 3.12. The second-order valence-electron chi connectivity index (χ2n) is 2.76. The van der Waals surface area contributed by atoms with Gasteiger partial charge in [0.05, 0.1) is 0 Å². The van der Waals surface area contributed by atoms with Crippen LogP contribution in [0, 0.1) is 0 Å². The molecule has 0 amide bonds. The van der Waals surface area contributed by atoms with Crippen LogP contribution in [-0.2, 0) is 13.6 Å². The molecule has 0 aliphatic heterocycles. The predicted octanol–water partition coefficient (Wildman–Crippen LogP) is 2.11. The zero-order valence-corrected chi connectivity index (χ0v) is 9.84. The van der Waals surface area contributed by atoms with Gasteiger partial charge >= 0.3 is 75.4 Å². The molecule has 0 radical (unpaired) electrons. The van der Waals surface area contributed by atoms with Gasteiger partial charge in [-0.25, -0.2) is 0 Å². The molecular weight excluding hydrogens is 230 g/mol. The van der Waals surface area contributed by atoms with Crippen LogP contribution >= 0.6 is 6.29 Å². The Balaban J connectivity index is 3.91. The van der Waals surface area contributed by atoms with Crippen molar-refractivity contribution in [1.82, 2.24) is 0 Å². The normalized spacial score (nSPS) is 13.0. The van der Waals surface area contributed by atoms with E-state index in [1.54, 1.807) is 0 Å². The van der Waals surface area contributed by atoms with Gasteiger partial charge in [0.1, 0.15) is 0 Å². The van der Waals surface area contributed by atoms with Crippen LogP contribution in [0.4, 0.5) is 0 Å². The van der Waals surface area contributed by atoms with E-state index >= 15 is 0 Å². The first-order chi connectivity index (χ1) is 4.83. The maximum absolute atomic E-state index is 11.3. The summed E-state index contributed by atoms with van der Waals surface area (Å²) >= 11 is 2.43. The zero-order chi connectivity index (χ0) is 9.07. The minimum atomic E-state index is -2.93. The van der Waals surface area contributed by atoms with Crippen molar-refractivity contribution >= 4 is 21.9 Å². The summed E-state index contributed by atoms with van der Waals surface area (Å²) in [6.45, 7) is 7.25. The number of hydrogen-bond donors (Lipinski definition) is 0. The minimum absolute atomic E-state index is 0.0826. The van der Waals surface area contributed by atoms with E-state index < -0.39 is 6.29 Å². The molecule has 0 N–H and O–H groups in total. The molecule has 11 heavy (non-hydrogen) atoms. The average Bonchev–Trinajstić information content (AvgIpc) is 1.53. The summed E-state index contributed by atoms with van der Waals surface area (Å²) < 4.78 is 21.4. The molecular formula is C6H14O3PSe-. The Kier molecular flexibility index (Phi) is 4.92. The summed E-state index contributed by atoms with van der Waals surface area (Å²) in [5.74, 6) is 0. The summed E-state index contributed by atoms with van der Waals surface area (Å²) in [4.78, 5) is 0. The Morgan fingerprint density at radius 3 is 1.55 bits per heavy atom. The Labute approximate surface area is 75.8 Å². The van der Waals surface area contributed by atoms with Crippen LogP contribution in [-0.4, -0.2) is 27.8 Å². The van der Waals surface area contributed by atoms with Gasteiger partial charge in [-0.15, -0.1) is 0 Å². The first-order valence-electron chi connectivity index (χ1n) is 3.51. The summed E-state index contributed by atoms with van der Waals surface area (Å²) in [6, 6.07) is 0. The topological polar surface area (TPSA) is 35.5 Å². The zero-order valence-electron chi connectivity index (χ0n) is 7.23. The molecule has 0 saturated carbocycles. The van der Waals surface area contributed by atoms with Gasteiger partial charge in [-0.2, -0.15) is 0 Å². The molecule has 0 unspecified atom stereocenters. The van der Waals surface area contributed by atoms with E-state index in [0.29, 0.717) is 0 Å². The predicted molar refractivity (Wildman–Crippen MR) is 45.8 cm³/mol. The van der Waals surface area contributed by atoms with Crippen molar-refractivity contribution in [3.05, 3.63) is 0 Å². The quantitative estimate of drug-likeness (QED) is 0.561. The second-order valence-corrected chi connectivity index (χ2v) is 6.89. The Morgan fingerprint density at radius 2 is 1.36 bits per heavy atom. The van der Waals surface area contributed by atoms with Crippen molar-refractivity contribution in [2.75, 3.05) is 0 Å². The fourth-order valence-electron chi connectivity index (χ4n) is 0.541. The van der Waals surface area contributed by atoms with Crippen molar-refractivity contribution in [2.24, 2.45) is 0 Å². The molecule has 0 bridgehead atoms. The van der Waals surface area contributed by atoms with E-state index in [0.717, 1.165) is 0 Å². The molecule has 0 saturated heterocycles. The average molecular weight is 244 g/mol. The molecule has 0 aliphatic rings. The Hall–Kier alpha value is 0.669. The molecule has 0 aliphatic carbocycles. The molecule has 0 atom stereocenters. The molecule has 68 valence electrons.